The molecule has 0 aliphatic rings. The summed E-state index contributed by atoms with van der Waals surface area (Å²) in [6, 6.07) is 17.7. The molecule has 140 valence electrons. The van der Waals surface area contributed by atoms with Crippen molar-refractivity contribution in [3.63, 3.8) is 0 Å². The molecule has 0 aliphatic heterocycles. The molecule has 7 heteroatoms. The Balaban J connectivity index is 1.37. The zero-order valence-corrected chi connectivity index (χ0v) is 15.2. The number of hydrogen-bond donors (Lipinski definition) is 1. The molecule has 3 aromatic rings. The van der Waals surface area contributed by atoms with Crippen LogP contribution in [0.5, 0.6) is 11.8 Å². The fraction of sp³-hybridized carbons (Fsp3) is 0.250. The standard InChI is InChI=1S/C20H22N4O3/c1-26-18-11-5-7-16(13-18)8-6-12-21-19(25)14-27-20-22-15-24(23-20)17-9-3-2-4-10-17/h2-5,7,9-11,13,15H,6,8,12,14H2,1H3,(H,21,25). The highest BCUT2D eigenvalue weighted by molar-refractivity contribution is 5.77. The number of ether oxygens (including phenoxy) is 2. The summed E-state index contributed by atoms with van der Waals surface area (Å²) in [5.74, 6) is 0.643. The number of benzene rings is 2. The van der Waals surface area contributed by atoms with Crippen LogP contribution in [0.3, 0.4) is 0 Å². The lowest BCUT2D eigenvalue weighted by molar-refractivity contribution is -0.123. The smallest absolute Gasteiger partial charge is 0.336 e. The molecule has 3 rings (SSSR count). The van der Waals surface area contributed by atoms with Gasteiger partial charge in [-0.05, 0) is 42.7 Å². The second-order valence-electron chi connectivity index (χ2n) is 5.90. The van der Waals surface area contributed by atoms with E-state index in [1.54, 1.807) is 18.1 Å². The summed E-state index contributed by atoms with van der Waals surface area (Å²) in [7, 11) is 1.65. The van der Waals surface area contributed by atoms with Gasteiger partial charge in [-0.2, -0.15) is 4.98 Å². The SMILES string of the molecule is COc1cccc(CCCNC(=O)COc2ncn(-c3ccccc3)n2)c1. The van der Waals surface area contributed by atoms with Crippen LogP contribution in [0.4, 0.5) is 0 Å². The lowest BCUT2D eigenvalue weighted by Crippen LogP contribution is -2.30. The van der Waals surface area contributed by atoms with Gasteiger partial charge in [0.05, 0.1) is 12.8 Å². The largest absolute Gasteiger partial charge is 0.497 e. The number of aryl methyl sites for hydroxylation is 1. The van der Waals surface area contributed by atoms with Gasteiger partial charge in [0.25, 0.3) is 5.91 Å². The highest BCUT2D eigenvalue weighted by Gasteiger charge is 2.07. The van der Waals surface area contributed by atoms with Crippen LogP contribution in [0.2, 0.25) is 0 Å². The first-order valence-corrected chi connectivity index (χ1v) is 8.74. The van der Waals surface area contributed by atoms with Gasteiger partial charge in [-0.25, -0.2) is 4.68 Å². The van der Waals surface area contributed by atoms with Crippen LogP contribution in [0.25, 0.3) is 5.69 Å². The van der Waals surface area contributed by atoms with Crippen molar-refractivity contribution in [2.24, 2.45) is 0 Å². The van der Waals surface area contributed by atoms with Gasteiger partial charge < -0.3 is 14.8 Å². The number of hydrogen-bond acceptors (Lipinski definition) is 5. The zero-order valence-electron chi connectivity index (χ0n) is 15.2. The average Bonchev–Trinajstić information content (AvgIpc) is 3.20. The van der Waals surface area contributed by atoms with Gasteiger partial charge in [0.15, 0.2) is 6.61 Å². The molecule has 0 saturated heterocycles. The molecule has 1 amide bonds. The van der Waals surface area contributed by atoms with E-state index in [0.29, 0.717) is 6.54 Å². The van der Waals surface area contributed by atoms with Gasteiger partial charge in [-0.3, -0.25) is 4.79 Å². The molecule has 0 fully saturated rings. The number of carbonyl (C=O) groups excluding carboxylic acids is 1. The first-order chi connectivity index (χ1) is 13.2. The minimum Gasteiger partial charge on any atom is -0.497 e. The lowest BCUT2D eigenvalue weighted by Gasteiger charge is -2.06. The Labute approximate surface area is 158 Å². The summed E-state index contributed by atoms with van der Waals surface area (Å²) < 4.78 is 12.1. The Hall–Kier alpha value is -3.35. The zero-order chi connectivity index (χ0) is 18.9. The normalized spacial score (nSPS) is 10.4. The van der Waals surface area contributed by atoms with Crippen molar-refractivity contribution in [3.05, 3.63) is 66.5 Å². The molecule has 0 aliphatic carbocycles. The van der Waals surface area contributed by atoms with Crippen molar-refractivity contribution < 1.29 is 14.3 Å². The van der Waals surface area contributed by atoms with Gasteiger partial charge in [-0.15, -0.1) is 5.10 Å². The molecule has 0 saturated carbocycles. The summed E-state index contributed by atoms with van der Waals surface area (Å²) in [6.45, 7) is 0.462. The van der Waals surface area contributed by atoms with Crippen LogP contribution < -0.4 is 14.8 Å². The van der Waals surface area contributed by atoms with E-state index >= 15 is 0 Å². The number of aromatic nitrogens is 3. The maximum absolute atomic E-state index is 11.9. The van der Waals surface area contributed by atoms with Crippen LogP contribution in [-0.4, -0.2) is 40.9 Å². The monoisotopic (exact) mass is 366 g/mol. The minimum absolute atomic E-state index is 0.113. The Morgan fingerprint density at radius 2 is 2.00 bits per heavy atom. The third-order valence-corrected chi connectivity index (χ3v) is 3.92. The maximum Gasteiger partial charge on any atom is 0.336 e. The number of methoxy groups -OCH3 is 1. The van der Waals surface area contributed by atoms with E-state index < -0.39 is 0 Å². The molecule has 2 aromatic carbocycles. The first-order valence-electron chi connectivity index (χ1n) is 8.74. The van der Waals surface area contributed by atoms with E-state index in [9.17, 15) is 4.79 Å². The molecule has 0 atom stereocenters. The van der Waals surface area contributed by atoms with Gasteiger partial charge >= 0.3 is 6.01 Å². The van der Waals surface area contributed by atoms with Crippen LogP contribution in [-0.2, 0) is 11.2 Å². The number of nitrogens with zero attached hydrogens (tertiary/aromatic N) is 3. The van der Waals surface area contributed by atoms with Gasteiger partial charge in [0.1, 0.15) is 12.1 Å². The molecule has 0 radical (unpaired) electrons. The second-order valence-corrected chi connectivity index (χ2v) is 5.90. The molecule has 27 heavy (non-hydrogen) atoms. The Kier molecular flexibility index (Phi) is 6.40. The highest BCUT2D eigenvalue weighted by atomic mass is 16.5. The quantitative estimate of drug-likeness (QED) is 0.589. The molecular formula is C20H22N4O3. The Morgan fingerprint density at radius 1 is 1.15 bits per heavy atom. The maximum atomic E-state index is 11.9. The summed E-state index contributed by atoms with van der Waals surface area (Å²) in [4.78, 5) is 15.9. The third kappa shape index (κ3) is 5.57. The summed E-state index contributed by atoms with van der Waals surface area (Å²) >= 11 is 0. The van der Waals surface area contributed by atoms with Gasteiger partial charge in [-0.1, -0.05) is 30.3 Å². The average molecular weight is 366 g/mol. The fourth-order valence-electron chi connectivity index (χ4n) is 2.55. The molecule has 0 spiro atoms. The van der Waals surface area contributed by atoms with Crippen LogP contribution in [0, 0.1) is 0 Å². The molecule has 7 nitrogen and oxygen atoms in total. The van der Waals surface area contributed by atoms with Gasteiger partial charge in [0, 0.05) is 6.54 Å². The Morgan fingerprint density at radius 3 is 2.81 bits per heavy atom. The van der Waals surface area contributed by atoms with Crippen molar-refractivity contribution in [2.75, 3.05) is 20.3 Å². The fourth-order valence-corrected chi connectivity index (χ4v) is 2.55. The van der Waals surface area contributed by atoms with Crippen LogP contribution in [0.1, 0.15) is 12.0 Å². The molecule has 1 heterocycles. The Bertz CT molecular complexity index is 864. The van der Waals surface area contributed by atoms with Crippen molar-refractivity contribution in [3.8, 4) is 17.4 Å². The van der Waals surface area contributed by atoms with Crippen LogP contribution >= 0.6 is 0 Å². The van der Waals surface area contributed by atoms with E-state index in [0.717, 1.165) is 24.3 Å². The number of para-hydroxylation sites is 1. The molecule has 1 N–H and O–H groups in total. The number of rotatable bonds is 9. The van der Waals surface area contributed by atoms with Crippen molar-refractivity contribution in [2.45, 2.75) is 12.8 Å². The second kappa shape index (κ2) is 9.38. The number of carbonyl (C=O) groups is 1. The molecule has 1 aromatic heterocycles. The highest BCUT2D eigenvalue weighted by Crippen LogP contribution is 2.13. The number of nitrogens with one attached hydrogen (secondary N) is 1. The van der Waals surface area contributed by atoms with E-state index in [2.05, 4.69) is 15.4 Å². The van der Waals surface area contributed by atoms with Crippen molar-refractivity contribution in [1.29, 1.82) is 0 Å². The van der Waals surface area contributed by atoms with E-state index in [-0.39, 0.29) is 18.5 Å². The molecule has 0 unspecified atom stereocenters. The van der Waals surface area contributed by atoms with Crippen molar-refractivity contribution >= 4 is 5.91 Å². The van der Waals surface area contributed by atoms with E-state index in [4.69, 9.17) is 9.47 Å². The molecule has 0 bridgehead atoms. The summed E-state index contributed by atoms with van der Waals surface area (Å²) in [5, 5.41) is 7.03. The minimum atomic E-state index is -0.197. The summed E-state index contributed by atoms with van der Waals surface area (Å²) in [5.41, 5.74) is 2.05. The third-order valence-electron chi connectivity index (χ3n) is 3.92. The van der Waals surface area contributed by atoms with E-state index in [1.807, 2.05) is 54.6 Å². The molecular weight excluding hydrogens is 344 g/mol. The predicted octanol–water partition coefficient (Wildman–Crippen LogP) is 2.40. The number of amides is 1. The van der Waals surface area contributed by atoms with E-state index in [1.165, 1.54) is 5.56 Å². The topological polar surface area (TPSA) is 78.3 Å². The summed E-state index contributed by atoms with van der Waals surface area (Å²) in [6.07, 6.45) is 3.25. The first kappa shape index (κ1) is 18.4. The van der Waals surface area contributed by atoms with Crippen molar-refractivity contribution in [1.82, 2.24) is 20.1 Å². The lowest BCUT2D eigenvalue weighted by atomic mass is 10.1. The van der Waals surface area contributed by atoms with Crippen LogP contribution in [0.15, 0.2) is 60.9 Å². The van der Waals surface area contributed by atoms with Gasteiger partial charge in [0.2, 0.25) is 0 Å². The predicted molar refractivity (Wildman–Crippen MR) is 101 cm³/mol.